The number of fused-ring (bicyclic) bond motifs is 2. The highest BCUT2D eigenvalue weighted by molar-refractivity contribution is 9.13. The van der Waals surface area contributed by atoms with Crippen LogP contribution in [-0.2, 0) is 0 Å². The summed E-state index contributed by atoms with van der Waals surface area (Å²) in [6.07, 6.45) is 3.48. The summed E-state index contributed by atoms with van der Waals surface area (Å²) < 4.78 is 17.6. The van der Waals surface area contributed by atoms with Gasteiger partial charge in [0, 0.05) is 34.6 Å². The second-order valence-electron chi connectivity index (χ2n) is 8.13. The fourth-order valence-corrected chi connectivity index (χ4v) is 7.14. The van der Waals surface area contributed by atoms with Crippen molar-refractivity contribution in [3.63, 3.8) is 0 Å². The van der Waals surface area contributed by atoms with Crippen molar-refractivity contribution in [3.05, 3.63) is 99.7 Å². The molecule has 0 atom stereocenters. The van der Waals surface area contributed by atoms with E-state index in [1.165, 1.54) is 11.1 Å². The third-order valence-electron chi connectivity index (χ3n) is 5.81. The summed E-state index contributed by atoms with van der Waals surface area (Å²) in [5.74, 6) is 1.69. The monoisotopic (exact) mass is 862 g/mol. The Labute approximate surface area is 261 Å². The maximum atomic E-state index is 6.01. The van der Waals surface area contributed by atoms with Gasteiger partial charge in [-0.1, -0.05) is 76.2 Å². The molecule has 0 fully saturated rings. The molecule has 186 valence electrons. The lowest BCUT2D eigenvalue weighted by molar-refractivity contribution is 0.365. The molecule has 4 aromatic carbocycles. The SMILES string of the molecule is C=CCOc1c(Br)c(Br)cc2cc(C(C)c3cc(Br)c4c(OCC=C)c(Br)c(Br)cc4c3)cc(Br)c12. The van der Waals surface area contributed by atoms with E-state index in [-0.39, 0.29) is 5.92 Å². The van der Waals surface area contributed by atoms with Crippen molar-refractivity contribution in [3.8, 4) is 11.5 Å². The molecule has 0 N–H and O–H groups in total. The number of benzene rings is 4. The van der Waals surface area contributed by atoms with Crippen LogP contribution in [0.5, 0.6) is 11.5 Å². The van der Waals surface area contributed by atoms with Crippen LogP contribution < -0.4 is 9.47 Å². The molecule has 0 amide bonds. The van der Waals surface area contributed by atoms with Crippen molar-refractivity contribution in [1.82, 2.24) is 0 Å². The topological polar surface area (TPSA) is 18.5 Å². The van der Waals surface area contributed by atoms with Crippen LogP contribution in [0.4, 0.5) is 0 Å². The molecule has 8 heteroatoms. The van der Waals surface area contributed by atoms with Crippen LogP contribution in [0.1, 0.15) is 24.0 Å². The zero-order chi connectivity index (χ0) is 26.1. The predicted molar refractivity (Wildman–Crippen MR) is 173 cm³/mol. The van der Waals surface area contributed by atoms with Gasteiger partial charge in [0.15, 0.2) is 0 Å². The molecule has 4 aromatic rings. The first-order chi connectivity index (χ1) is 17.2. The lowest BCUT2D eigenvalue weighted by Gasteiger charge is -2.19. The van der Waals surface area contributed by atoms with Crippen LogP contribution in [0.15, 0.2) is 88.5 Å². The summed E-state index contributed by atoms with van der Waals surface area (Å²) in [6, 6.07) is 13.0. The number of rotatable bonds is 8. The van der Waals surface area contributed by atoms with Gasteiger partial charge in [-0.3, -0.25) is 0 Å². The third-order valence-corrected chi connectivity index (χ3v) is 11.0. The Hall–Kier alpha value is -0.640. The van der Waals surface area contributed by atoms with E-state index in [1.54, 1.807) is 12.2 Å². The summed E-state index contributed by atoms with van der Waals surface area (Å²) in [6.45, 7) is 10.6. The Bertz CT molecular complexity index is 1400. The summed E-state index contributed by atoms with van der Waals surface area (Å²) >= 11 is 22.3. The van der Waals surface area contributed by atoms with E-state index >= 15 is 0 Å². The lowest BCUT2D eigenvalue weighted by Crippen LogP contribution is -2.01. The van der Waals surface area contributed by atoms with Crippen LogP contribution in [0.2, 0.25) is 0 Å². The van der Waals surface area contributed by atoms with E-state index in [2.05, 4.69) is 152 Å². The zero-order valence-electron chi connectivity index (χ0n) is 19.1. The van der Waals surface area contributed by atoms with Gasteiger partial charge in [-0.25, -0.2) is 0 Å². The average Bonchev–Trinajstić information content (AvgIpc) is 2.84. The smallest absolute Gasteiger partial charge is 0.144 e. The minimum absolute atomic E-state index is 0.131. The minimum Gasteiger partial charge on any atom is -0.488 e. The van der Waals surface area contributed by atoms with E-state index in [4.69, 9.17) is 9.47 Å². The lowest BCUT2D eigenvalue weighted by atomic mass is 9.90. The summed E-state index contributed by atoms with van der Waals surface area (Å²) in [5.41, 5.74) is 2.37. The fraction of sp³-hybridized carbons (Fsp3) is 0.143. The highest BCUT2D eigenvalue weighted by atomic mass is 79.9. The van der Waals surface area contributed by atoms with Gasteiger partial charge in [0.2, 0.25) is 0 Å². The molecule has 0 bridgehead atoms. The van der Waals surface area contributed by atoms with Gasteiger partial charge in [-0.2, -0.15) is 0 Å². The zero-order valence-corrected chi connectivity index (χ0v) is 28.6. The van der Waals surface area contributed by atoms with Gasteiger partial charge in [-0.15, -0.1) is 0 Å². The van der Waals surface area contributed by atoms with Gasteiger partial charge in [0.05, 0.1) is 8.95 Å². The van der Waals surface area contributed by atoms with Crippen molar-refractivity contribution >= 4 is 117 Å². The second-order valence-corrected chi connectivity index (χ2v) is 13.1. The average molecular weight is 868 g/mol. The molecule has 0 saturated carbocycles. The number of hydrogen-bond acceptors (Lipinski definition) is 2. The standard InChI is InChI=1S/C28H20Br6O2/c1-4-6-35-27-23-17(12-21(31)25(27)33)8-15(10-19(23)29)14(3)16-9-18-13-22(32)26(34)28(36-7-5-2)24(18)20(30)11-16/h4-5,8-14H,1-2,6-7H2,3H3. The van der Waals surface area contributed by atoms with Gasteiger partial charge < -0.3 is 9.47 Å². The predicted octanol–water partition coefficient (Wildman–Crippen LogP) is 11.8. The quantitative estimate of drug-likeness (QED) is 0.164. The molecule has 0 aliphatic rings. The van der Waals surface area contributed by atoms with E-state index < -0.39 is 0 Å². The molecule has 0 heterocycles. The Morgan fingerprint density at radius 2 is 1.03 bits per heavy atom. The maximum Gasteiger partial charge on any atom is 0.144 e. The molecule has 4 rings (SSSR count). The van der Waals surface area contributed by atoms with Crippen LogP contribution in [-0.4, -0.2) is 13.2 Å². The number of hydrogen-bond donors (Lipinski definition) is 0. The van der Waals surface area contributed by atoms with E-state index in [1.807, 2.05) is 0 Å². The Morgan fingerprint density at radius 1 is 0.639 bits per heavy atom. The summed E-state index contributed by atoms with van der Waals surface area (Å²) in [4.78, 5) is 0. The van der Waals surface area contributed by atoms with Crippen molar-refractivity contribution in [2.75, 3.05) is 13.2 Å². The first-order valence-electron chi connectivity index (χ1n) is 10.9. The van der Waals surface area contributed by atoms with Crippen molar-refractivity contribution in [2.45, 2.75) is 12.8 Å². The highest BCUT2D eigenvalue weighted by Gasteiger charge is 2.20. The van der Waals surface area contributed by atoms with Crippen molar-refractivity contribution in [1.29, 1.82) is 0 Å². The van der Waals surface area contributed by atoms with Crippen LogP contribution >= 0.6 is 95.6 Å². The Kier molecular flexibility index (Phi) is 9.49. The van der Waals surface area contributed by atoms with Gasteiger partial charge in [0.1, 0.15) is 24.7 Å². The second kappa shape index (κ2) is 12.0. The summed E-state index contributed by atoms with van der Waals surface area (Å²) in [5, 5.41) is 4.18. The molecule has 36 heavy (non-hydrogen) atoms. The minimum atomic E-state index is 0.131. The number of ether oxygens (including phenoxy) is 2. The normalized spacial score (nSPS) is 11.3. The molecular formula is C28H20Br6O2. The maximum absolute atomic E-state index is 6.01. The van der Waals surface area contributed by atoms with Gasteiger partial charge in [-0.05, 0) is 110 Å². The van der Waals surface area contributed by atoms with Crippen molar-refractivity contribution in [2.24, 2.45) is 0 Å². The molecule has 0 radical (unpaired) electrons. The van der Waals surface area contributed by atoms with Gasteiger partial charge in [0.25, 0.3) is 0 Å². The number of halogens is 6. The van der Waals surface area contributed by atoms with Crippen LogP contribution in [0.25, 0.3) is 21.5 Å². The molecule has 0 aliphatic carbocycles. The molecule has 2 nitrogen and oxygen atoms in total. The molecule has 0 aromatic heterocycles. The van der Waals surface area contributed by atoms with E-state index in [0.29, 0.717) is 13.2 Å². The van der Waals surface area contributed by atoms with E-state index in [9.17, 15) is 0 Å². The fourth-order valence-electron chi connectivity index (χ4n) is 4.09. The Morgan fingerprint density at radius 3 is 1.39 bits per heavy atom. The molecule has 0 unspecified atom stereocenters. The van der Waals surface area contributed by atoms with E-state index in [0.717, 1.165) is 59.9 Å². The third kappa shape index (κ3) is 5.55. The van der Waals surface area contributed by atoms with Crippen molar-refractivity contribution < 1.29 is 9.47 Å². The summed E-state index contributed by atoms with van der Waals surface area (Å²) in [7, 11) is 0. The molecule has 0 saturated heterocycles. The Balaban J connectivity index is 1.85. The molecular weight excluding hydrogens is 848 g/mol. The van der Waals surface area contributed by atoms with Gasteiger partial charge >= 0.3 is 0 Å². The largest absolute Gasteiger partial charge is 0.488 e. The van der Waals surface area contributed by atoms with Crippen LogP contribution in [0, 0.1) is 0 Å². The van der Waals surface area contributed by atoms with Crippen LogP contribution in [0.3, 0.4) is 0 Å². The molecule has 0 spiro atoms. The highest BCUT2D eigenvalue weighted by Crippen LogP contribution is 2.46. The first-order valence-corrected chi connectivity index (χ1v) is 15.6. The molecule has 0 aliphatic heterocycles. The first kappa shape index (κ1) is 28.4.